The predicted octanol–water partition coefficient (Wildman–Crippen LogP) is 6.51. The minimum absolute atomic E-state index is 0. The summed E-state index contributed by atoms with van der Waals surface area (Å²) in [5.74, 6) is -2.15. The van der Waals surface area contributed by atoms with Crippen LogP contribution in [-0.2, 0) is 25.5 Å². The van der Waals surface area contributed by atoms with Crippen molar-refractivity contribution in [2.45, 2.75) is 93.4 Å². The van der Waals surface area contributed by atoms with Gasteiger partial charge in [-0.1, -0.05) is 91.5 Å². The normalized spacial score (nSPS) is 21.0. The summed E-state index contributed by atoms with van der Waals surface area (Å²) in [5.41, 5.74) is 10.7. The summed E-state index contributed by atoms with van der Waals surface area (Å²) in [4.78, 5) is 55.7. The number of Topliss-reactive ketones (excluding diaryl/α,β-unsaturated/α-hetero) is 1. The number of ketones is 1. The van der Waals surface area contributed by atoms with Gasteiger partial charge in [0, 0.05) is 12.0 Å². The maximum absolute atomic E-state index is 14.2. The zero-order valence-corrected chi connectivity index (χ0v) is 34.4. The molecule has 0 unspecified atom stereocenters. The maximum Gasteiger partial charge on any atom is 2.00 e. The molecule has 0 radical (unpaired) electrons. The fourth-order valence-electron chi connectivity index (χ4n) is 7.87. The molecule has 1 aliphatic carbocycles. The minimum atomic E-state index is -1.20. The van der Waals surface area contributed by atoms with Crippen molar-refractivity contribution in [2.75, 3.05) is 13.7 Å². The summed E-state index contributed by atoms with van der Waals surface area (Å²) >= 11 is 0. The first-order valence-corrected chi connectivity index (χ1v) is 18.8. The third kappa shape index (κ3) is 7.91. The Hall–Kier alpha value is -4.28. The first-order chi connectivity index (χ1) is 25.4. The van der Waals surface area contributed by atoms with E-state index in [2.05, 4.69) is 41.2 Å². The van der Waals surface area contributed by atoms with Gasteiger partial charge in [-0.15, -0.1) is 33.5 Å². The van der Waals surface area contributed by atoms with Crippen LogP contribution < -0.4 is 25.7 Å². The maximum atomic E-state index is 14.2. The second-order valence-corrected chi connectivity index (χ2v) is 14.9. The Labute approximate surface area is 334 Å². The van der Waals surface area contributed by atoms with Crippen LogP contribution in [0.4, 0.5) is 0 Å². The van der Waals surface area contributed by atoms with E-state index in [0.29, 0.717) is 52.5 Å². The van der Waals surface area contributed by atoms with Crippen molar-refractivity contribution >= 4 is 70.7 Å². The third-order valence-corrected chi connectivity index (χ3v) is 10.9. The SMILES string of the molecule is C=Cc1c2[n-]c(c1C)/C=C1/C[C@H](CCC(=O)OC/C=C(\C)CCCC(C)C)/C(=C3/c4[n-]c(c(C)c4C(=O)[C@@H]3C(=O)OC)/C=c3\[n-]/c(c(C)c3CC)=C\2)[N-]1.[Mg+2]. The number of carbonyl (C=O) groups is 3. The molecule has 2 atom stereocenters. The first kappa shape index (κ1) is 40.9. The number of carbonyl (C=O) groups excluding carboxylic acids is 3. The Kier molecular flexibility index (Phi) is 12.9. The van der Waals surface area contributed by atoms with Gasteiger partial charge < -0.3 is 29.7 Å². The molecule has 2 aliphatic heterocycles. The molecule has 5 heterocycles. The smallest absolute Gasteiger partial charge is 0.664 e. The number of aromatic nitrogens is 3. The molecule has 6 rings (SSSR count). The van der Waals surface area contributed by atoms with E-state index in [1.165, 1.54) is 12.7 Å². The molecule has 8 bridgehead atoms. The van der Waals surface area contributed by atoms with Crippen LogP contribution in [0.1, 0.15) is 127 Å². The quantitative estimate of drug-likeness (QED) is 0.0892. The van der Waals surface area contributed by atoms with Crippen LogP contribution in [0.2, 0.25) is 0 Å². The Morgan fingerprint density at radius 1 is 0.981 bits per heavy atom. The van der Waals surface area contributed by atoms with E-state index in [9.17, 15) is 14.4 Å². The van der Waals surface area contributed by atoms with Crippen LogP contribution in [0, 0.1) is 38.5 Å². The van der Waals surface area contributed by atoms with Crippen LogP contribution in [0.5, 0.6) is 0 Å². The van der Waals surface area contributed by atoms with E-state index >= 15 is 0 Å². The summed E-state index contributed by atoms with van der Waals surface area (Å²) in [5, 5.41) is 6.71. The molecule has 0 aromatic carbocycles. The van der Waals surface area contributed by atoms with Crippen molar-refractivity contribution in [2.24, 2.45) is 17.8 Å². The van der Waals surface area contributed by atoms with Crippen molar-refractivity contribution in [1.82, 2.24) is 15.0 Å². The van der Waals surface area contributed by atoms with E-state index in [4.69, 9.17) is 29.7 Å². The fourth-order valence-corrected chi connectivity index (χ4v) is 7.87. The monoisotopic (exact) mass is 738 g/mol. The number of allylic oxidation sites excluding steroid dienone is 3. The molecule has 0 N–H and O–H groups in total. The van der Waals surface area contributed by atoms with E-state index in [1.807, 2.05) is 44.2 Å². The number of ether oxygens (including phenoxy) is 2. The number of hydrogen-bond acceptors (Lipinski definition) is 5. The summed E-state index contributed by atoms with van der Waals surface area (Å²) in [6.07, 6.45) is 14.8. The van der Waals surface area contributed by atoms with Gasteiger partial charge in [-0.3, -0.25) is 14.4 Å². The molecular formula is C44H50MgN4O5-2. The van der Waals surface area contributed by atoms with Gasteiger partial charge in [0.25, 0.3) is 0 Å². The number of rotatable bonds is 12. The van der Waals surface area contributed by atoms with Gasteiger partial charge in [-0.25, -0.2) is 0 Å². The van der Waals surface area contributed by atoms with Crippen molar-refractivity contribution in [3.63, 3.8) is 0 Å². The standard InChI is InChI=1S/C44H51N4O5.Mg/c1-10-30-25(6)32-20-29-19-28(15-16-37(49)53-18-17-24(5)14-12-13-23(3)4)41(45-29)39-40(44(51)52-9)43(50)38-27(8)34(48-42(38)39)22-36-31(11-2)26(7)33(47-36)21-35(30)46-32;/h10,17,20-23,28,40H,1,11-16,18-19H2,2-9H3,(H-,45,48,50);/q-3;+2/p-1/b24-17+,29-20-,33-21-,36-22-;/t28-,40+;/m0./s1. The molecule has 1 fully saturated rings. The molecule has 3 aromatic rings. The molecule has 0 amide bonds. The van der Waals surface area contributed by atoms with Crippen LogP contribution in [-0.4, -0.2) is 54.5 Å². The van der Waals surface area contributed by atoms with Crippen LogP contribution in [0.25, 0.3) is 35.2 Å². The number of methoxy groups -OCH3 is 1. The molecule has 54 heavy (non-hydrogen) atoms. The molecule has 3 aliphatic rings. The number of hydrogen-bond donors (Lipinski definition) is 0. The van der Waals surface area contributed by atoms with Gasteiger partial charge in [-0.2, -0.15) is 11.4 Å². The molecule has 1 saturated heterocycles. The topological polar surface area (TPSA) is 126 Å². The summed E-state index contributed by atoms with van der Waals surface area (Å²) < 4.78 is 10.8. The van der Waals surface area contributed by atoms with Crippen LogP contribution in [0.15, 0.2) is 29.6 Å². The Bertz CT molecular complexity index is 2200. The Morgan fingerprint density at radius 2 is 1.70 bits per heavy atom. The number of esters is 2. The summed E-state index contributed by atoms with van der Waals surface area (Å²) in [7, 11) is 1.28. The number of nitrogens with zero attached hydrogens (tertiary/aromatic N) is 4. The van der Waals surface area contributed by atoms with Gasteiger partial charge in [0.05, 0.1) is 7.11 Å². The molecule has 0 spiro atoms. The zero-order chi connectivity index (χ0) is 38.1. The summed E-state index contributed by atoms with van der Waals surface area (Å²) in [6.45, 7) is 18.9. The van der Waals surface area contributed by atoms with Gasteiger partial charge >= 0.3 is 35.0 Å². The van der Waals surface area contributed by atoms with Crippen LogP contribution in [0.3, 0.4) is 0 Å². The molecule has 3 aromatic heterocycles. The molecule has 0 saturated carbocycles. The summed E-state index contributed by atoms with van der Waals surface area (Å²) in [6, 6.07) is 0. The third-order valence-electron chi connectivity index (χ3n) is 10.9. The second-order valence-electron chi connectivity index (χ2n) is 14.9. The van der Waals surface area contributed by atoms with Crippen molar-refractivity contribution in [3.8, 4) is 0 Å². The van der Waals surface area contributed by atoms with E-state index in [-0.39, 0.29) is 53.8 Å². The van der Waals surface area contributed by atoms with Crippen molar-refractivity contribution in [3.05, 3.63) is 102 Å². The Balaban J connectivity index is 0.00000561. The molecular weight excluding hydrogens is 689 g/mol. The Morgan fingerprint density at radius 3 is 2.39 bits per heavy atom. The molecule has 10 heteroatoms. The average molecular weight is 739 g/mol. The average Bonchev–Trinajstić information content (AvgIpc) is 3.88. The van der Waals surface area contributed by atoms with E-state index in [0.717, 1.165) is 75.7 Å². The molecule has 9 nitrogen and oxygen atoms in total. The minimum Gasteiger partial charge on any atom is -0.664 e. The van der Waals surface area contributed by atoms with E-state index < -0.39 is 11.9 Å². The molecule has 280 valence electrons. The fraction of sp³-hybridized carbons (Fsp3) is 0.432. The van der Waals surface area contributed by atoms with Gasteiger partial charge in [0.15, 0.2) is 5.78 Å². The largest absolute Gasteiger partial charge is 2.00 e. The first-order valence-electron chi connectivity index (χ1n) is 18.8. The van der Waals surface area contributed by atoms with Crippen molar-refractivity contribution in [1.29, 1.82) is 0 Å². The van der Waals surface area contributed by atoms with Gasteiger partial charge in [0.2, 0.25) is 0 Å². The second kappa shape index (κ2) is 17.0. The number of fused-ring (bicyclic) bond motifs is 7. The van der Waals surface area contributed by atoms with Gasteiger partial charge in [-0.05, 0) is 83.3 Å². The zero-order valence-electron chi connectivity index (χ0n) is 33.0. The predicted molar refractivity (Wildman–Crippen MR) is 214 cm³/mol. The van der Waals surface area contributed by atoms with E-state index in [1.54, 1.807) is 0 Å². The van der Waals surface area contributed by atoms with Crippen molar-refractivity contribution < 1.29 is 23.9 Å². The van der Waals surface area contributed by atoms with Crippen LogP contribution >= 0.6 is 0 Å². The van der Waals surface area contributed by atoms with Gasteiger partial charge in [0.1, 0.15) is 12.5 Å².